The minimum atomic E-state index is -4.45. The van der Waals surface area contributed by atoms with Crippen molar-refractivity contribution in [2.24, 2.45) is 0 Å². The lowest BCUT2D eigenvalue weighted by molar-refractivity contribution is 0.0694. The number of carbonyl (C=O) groups is 1. The lowest BCUT2D eigenvalue weighted by Gasteiger charge is -2.22. The molecule has 0 bridgehead atoms. The van der Waals surface area contributed by atoms with Crippen LogP contribution in [0.15, 0.2) is 42.5 Å². The Morgan fingerprint density at radius 2 is 1.76 bits per heavy atom. The molecule has 0 spiro atoms. The number of rotatable bonds is 1. The molecule has 1 atom stereocenters. The summed E-state index contributed by atoms with van der Waals surface area (Å²) in [7, 11) is -4.45. The molecule has 0 amide bonds. The second-order valence-electron chi connectivity index (χ2n) is 4.53. The number of phosphoric ester groups is 1. The predicted molar refractivity (Wildman–Crippen MR) is 73.7 cm³/mol. The zero-order chi connectivity index (χ0) is 15.0. The van der Waals surface area contributed by atoms with E-state index in [0.717, 1.165) is 0 Å². The first-order chi connectivity index (χ1) is 9.96. The molecule has 1 aliphatic rings. The first kappa shape index (κ1) is 13.7. The van der Waals surface area contributed by atoms with E-state index < -0.39 is 13.8 Å². The van der Waals surface area contributed by atoms with Gasteiger partial charge < -0.3 is 14.2 Å². The molecule has 0 saturated carbocycles. The van der Waals surface area contributed by atoms with Crippen LogP contribution in [0.2, 0.25) is 0 Å². The van der Waals surface area contributed by atoms with Crippen LogP contribution in [0, 0.1) is 0 Å². The number of carboxylic acid groups (broad SMARTS) is 1. The van der Waals surface area contributed by atoms with E-state index in [2.05, 4.69) is 0 Å². The number of para-hydroxylation sites is 2. The van der Waals surface area contributed by atoms with Crippen molar-refractivity contribution in [3.05, 3.63) is 59.2 Å². The highest BCUT2D eigenvalue weighted by Crippen LogP contribution is 2.49. The number of hydrogen-bond donors (Lipinski definition) is 2. The van der Waals surface area contributed by atoms with Gasteiger partial charge in [0.05, 0.1) is 0 Å². The van der Waals surface area contributed by atoms with Crippen molar-refractivity contribution >= 4 is 13.8 Å². The SMILES string of the molecule is O=C(O)c1cccc2c1OP(=O)(O)Oc1ccccc1C2. The van der Waals surface area contributed by atoms with E-state index in [1.165, 1.54) is 6.07 Å². The second kappa shape index (κ2) is 4.91. The maximum absolute atomic E-state index is 12.0. The lowest BCUT2D eigenvalue weighted by atomic mass is 10.0. The number of benzene rings is 2. The molecule has 2 N–H and O–H groups in total. The molecule has 0 radical (unpaired) electrons. The maximum atomic E-state index is 12.0. The normalized spacial score (nSPS) is 20.0. The van der Waals surface area contributed by atoms with Gasteiger partial charge in [0, 0.05) is 12.0 Å². The van der Waals surface area contributed by atoms with Crippen LogP contribution in [0.5, 0.6) is 11.5 Å². The van der Waals surface area contributed by atoms with Crippen molar-refractivity contribution in [2.45, 2.75) is 6.42 Å². The molecule has 3 rings (SSSR count). The van der Waals surface area contributed by atoms with Gasteiger partial charge in [-0.15, -0.1) is 0 Å². The highest BCUT2D eigenvalue weighted by atomic mass is 31.2. The average Bonchev–Trinajstić information content (AvgIpc) is 2.40. The molecule has 6 nitrogen and oxygen atoms in total. The Morgan fingerprint density at radius 1 is 1.05 bits per heavy atom. The second-order valence-corrected chi connectivity index (χ2v) is 5.84. The van der Waals surface area contributed by atoms with Crippen LogP contribution in [0.1, 0.15) is 21.5 Å². The van der Waals surface area contributed by atoms with Crippen LogP contribution in [0.4, 0.5) is 0 Å². The fourth-order valence-corrected chi connectivity index (χ4v) is 3.11. The summed E-state index contributed by atoms with van der Waals surface area (Å²) in [4.78, 5) is 21.0. The third-order valence-corrected chi connectivity index (χ3v) is 3.94. The molecule has 0 aromatic heterocycles. The monoisotopic (exact) mass is 306 g/mol. The van der Waals surface area contributed by atoms with E-state index in [-0.39, 0.29) is 17.1 Å². The Hall–Kier alpha value is -2.30. The van der Waals surface area contributed by atoms with Gasteiger partial charge in [-0.25, -0.2) is 9.36 Å². The molecule has 7 heteroatoms. The molecule has 21 heavy (non-hydrogen) atoms. The maximum Gasteiger partial charge on any atom is 0.584 e. The smallest absolute Gasteiger partial charge is 0.478 e. The quantitative estimate of drug-likeness (QED) is 0.787. The summed E-state index contributed by atoms with van der Waals surface area (Å²) in [5, 5.41) is 9.18. The van der Waals surface area contributed by atoms with Crippen molar-refractivity contribution in [1.29, 1.82) is 0 Å². The highest BCUT2D eigenvalue weighted by molar-refractivity contribution is 7.48. The van der Waals surface area contributed by atoms with Crippen molar-refractivity contribution in [3.63, 3.8) is 0 Å². The lowest BCUT2D eigenvalue weighted by Crippen LogP contribution is -2.11. The summed E-state index contributed by atoms with van der Waals surface area (Å²) < 4.78 is 22.0. The first-order valence-corrected chi connectivity index (χ1v) is 7.61. The molecule has 108 valence electrons. The Bertz CT molecular complexity index is 770. The topological polar surface area (TPSA) is 93.1 Å². The van der Waals surface area contributed by atoms with Crippen LogP contribution < -0.4 is 9.05 Å². The zero-order valence-electron chi connectivity index (χ0n) is 10.7. The molecule has 2 aromatic rings. The molecule has 1 aliphatic heterocycles. The van der Waals surface area contributed by atoms with Gasteiger partial charge in [-0.3, -0.25) is 4.89 Å². The van der Waals surface area contributed by atoms with Crippen LogP contribution in [0.3, 0.4) is 0 Å². The van der Waals surface area contributed by atoms with E-state index in [1.54, 1.807) is 36.4 Å². The van der Waals surface area contributed by atoms with Crippen LogP contribution in [-0.4, -0.2) is 16.0 Å². The number of hydrogen-bond acceptors (Lipinski definition) is 4. The van der Waals surface area contributed by atoms with Gasteiger partial charge in [0.2, 0.25) is 0 Å². The highest BCUT2D eigenvalue weighted by Gasteiger charge is 2.32. The van der Waals surface area contributed by atoms with Gasteiger partial charge in [-0.2, -0.15) is 0 Å². The Balaban J connectivity index is 2.22. The van der Waals surface area contributed by atoms with Crippen molar-refractivity contribution < 1.29 is 28.4 Å². The molecular formula is C14H11O6P. The van der Waals surface area contributed by atoms with Crippen molar-refractivity contribution in [1.82, 2.24) is 0 Å². The summed E-state index contributed by atoms with van der Waals surface area (Å²) >= 11 is 0. The number of fused-ring (bicyclic) bond motifs is 2. The van der Waals surface area contributed by atoms with Gasteiger partial charge in [0.1, 0.15) is 11.3 Å². The van der Waals surface area contributed by atoms with E-state index in [1.807, 2.05) is 0 Å². The number of carboxylic acids is 1. The first-order valence-electron chi connectivity index (χ1n) is 6.11. The van der Waals surface area contributed by atoms with E-state index in [4.69, 9.17) is 9.05 Å². The van der Waals surface area contributed by atoms with Gasteiger partial charge in [-0.05, 0) is 17.7 Å². The van der Waals surface area contributed by atoms with Crippen molar-refractivity contribution in [3.8, 4) is 11.5 Å². The number of phosphoric acid groups is 1. The summed E-state index contributed by atoms with van der Waals surface area (Å²) in [6.45, 7) is 0. The fraction of sp³-hybridized carbons (Fsp3) is 0.0714. The molecular weight excluding hydrogens is 295 g/mol. The van der Waals surface area contributed by atoms with Gasteiger partial charge in [0.15, 0.2) is 5.75 Å². The third-order valence-electron chi connectivity index (χ3n) is 3.10. The minimum absolute atomic E-state index is 0.134. The third kappa shape index (κ3) is 2.63. The standard InChI is InChI=1S/C14H11O6P/c15-14(16)11-6-3-5-10-8-9-4-1-2-7-12(9)19-21(17,18)20-13(10)11/h1-7H,8H2,(H,15,16)(H,17,18). The molecule has 2 aromatic carbocycles. The summed E-state index contributed by atoms with van der Waals surface area (Å²) in [5.41, 5.74) is 1.02. The summed E-state index contributed by atoms with van der Waals surface area (Å²) in [5.74, 6) is -1.12. The minimum Gasteiger partial charge on any atom is -0.478 e. The van der Waals surface area contributed by atoms with E-state index >= 15 is 0 Å². The van der Waals surface area contributed by atoms with Crippen LogP contribution in [0.25, 0.3) is 0 Å². The Kier molecular flexibility index (Phi) is 3.20. The number of aromatic carboxylic acids is 1. The molecule has 1 heterocycles. The Labute approximate surface area is 120 Å². The molecule has 1 unspecified atom stereocenters. The predicted octanol–water partition coefficient (Wildman–Crippen LogP) is 2.85. The van der Waals surface area contributed by atoms with Crippen LogP contribution >= 0.6 is 7.82 Å². The zero-order valence-corrected chi connectivity index (χ0v) is 11.6. The molecule has 0 fully saturated rings. The molecule has 0 aliphatic carbocycles. The summed E-state index contributed by atoms with van der Waals surface area (Å²) in [6, 6.07) is 11.3. The molecule has 0 saturated heterocycles. The van der Waals surface area contributed by atoms with E-state index in [0.29, 0.717) is 17.5 Å². The summed E-state index contributed by atoms with van der Waals surface area (Å²) in [6.07, 6.45) is 0.340. The van der Waals surface area contributed by atoms with E-state index in [9.17, 15) is 19.4 Å². The van der Waals surface area contributed by atoms with Crippen molar-refractivity contribution in [2.75, 3.05) is 0 Å². The van der Waals surface area contributed by atoms with Gasteiger partial charge >= 0.3 is 13.8 Å². The van der Waals surface area contributed by atoms with Gasteiger partial charge in [-0.1, -0.05) is 30.3 Å². The Morgan fingerprint density at radius 3 is 2.52 bits per heavy atom. The van der Waals surface area contributed by atoms with Crippen LogP contribution in [-0.2, 0) is 11.0 Å². The van der Waals surface area contributed by atoms with Gasteiger partial charge in [0.25, 0.3) is 0 Å². The largest absolute Gasteiger partial charge is 0.584 e. The average molecular weight is 306 g/mol. The fourth-order valence-electron chi connectivity index (χ4n) is 2.20.